The van der Waals surface area contributed by atoms with E-state index in [1.165, 1.54) is 12.1 Å². The van der Waals surface area contributed by atoms with Crippen LogP contribution in [0.25, 0.3) is 22.1 Å². The van der Waals surface area contributed by atoms with E-state index in [4.69, 9.17) is 36.4 Å². The summed E-state index contributed by atoms with van der Waals surface area (Å²) in [5, 5.41) is 43.3. The van der Waals surface area contributed by atoms with Crippen LogP contribution in [0.1, 0.15) is 57.7 Å². The summed E-state index contributed by atoms with van der Waals surface area (Å²) in [6.07, 6.45) is -0.546. The van der Waals surface area contributed by atoms with Crippen LogP contribution in [-0.4, -0.2) is 35.0 Å². The van der Waals surface area contributed by atoms with Crippen molar-refractivity contribution in [2.75, 3.05) is 7.11 Å². The molecule has 0 bridgehead atoms. The molecule has 6 aromatic carbocycles. The molecule has 0 fully saturated rings. The SMILES string of the molecule is C.C[O-].N#CCC(=O)Cl.N#CCC(=O)Oc1ccccc1C(=O)c1ccccc1.N#Cc1c(-c2ccccc2)c2ccccc2oc1=O.O=C(c1ccccc1)c1ccccc1O.[Na+]. The maximum absolute atomic E-state index is 12.4. The van der Waals surface area contributed by atoms with Crippen molar-refractivity contribution in [3.05, 3.63) is 202 Å². The summed E-state index contributed by atoms with van der Waals surface area (Å²) in [6, 6.07) is 52.5. The minimum atomic E-state index is -0.680. The fourth-order valence-electron chi connectivity index (χ4n) is 5.34. The van der Waals surface area contributed by atoms with E-state index in [1.807, 2.05) is 60.7 Å². The van der Waals surface area contributed by atoms with E-state index in [1.54, 1.807) is 109 Å². The molecule has 316 valence electrons. The number of halogens is 1. The Kier molecular flexibility index (Phi) is 25.3. The first-order valence-corrected chi connectivity index (χ1v) is 18.6. The predicted molar refractivity (Wildman–Crippen MR) is 237 cm³/mol. The number of ketones is 2. The van der Waals surface area contributed by atoms with Gasteiger partial charge in [0.2, 0.25) is 5.24 Å². The van der Waals surface area contributed by atoms with Crippen LogP contribution < -0.4 is 45.0 Å². The minimum absolute atomic E-state index is 0. The molecule has 12 nitrogen and oxygen atoms in total. The van der Waals surface area contributed by atoms with Crippen LogP contribution in [0.5, 0.6) is 11.5 Å². The first kappa shape index (κ1) is 54.5. The van der Waals surface area contributed by atoms with Crippen LogP contribution in [0.2, 0.25) is 0 Å². The fraction of sp³-hybridized carbons (Fsp3) is 0.0800. The molecule has 1 aromatic heterocycles. The number of hydrogen-bond acceptors (Lipinski definition) is 12. The topological polar surface area (TPSA) is 222 Å². The molecule has 7 rings (SSSR count). The summed E-state index contributed by atoms with van der Waals surface area (Å²) < 4.78 is 10.2. The molecule has 0 aliphatic carbocycles. The van der Waals surface area contributed by atoms with E-state index in [2.05, 4.69) is 0 Å². The number of ether oxygens (including phenoxy) is 1. The van der Waals surface area contributed by atoms with Gasteiger partial charge in [-0.2, -0.15) is 22.9 Å². The molecule has 0 unspecified atom stereocenters. The zero-order chi connectivity index (χ0) is 45.3. The maximum atomic E-state index is 12.4. The second-order valence-electron chi connectivity index (χ2n) is 12.0. The van der Waals surface area contributed by atoms with Crippen LogP contribution in [0.15, 0.2) is 173 Å². The Morgan fingerprint density at radius 3 is 1.59 bits per heavy atom. The van der Waals surface area contributed by atoms with Gasteiger partial charge in [0, 0.05) is 22.1 Å². The zero-order valence-corrected chi connectivity index (χ0v) is 36.7. The van der Waals surface area contributed by atoms with Gasteiger partial charge in [0.1, 0.15) is 41.6 Å². The summed E-state index contributed by atoms with van der Waals surface area (Å²) in [6.45, 7) is 0. The molecule has 1 N–H and O–H groups in total. The normalized spacial score (nSPS) is 9.06. The van der Waals surface area contributed by atoms with Crippen LogP contribution >= 0.6 is 11.6 Å². The van der Waals surface area contributed by atoms with Gasteiger partial charge in [0.05, 0.1) is 23.3 Å². The number of esters is 1. The maximum Gasteiger partial charge on any atom is 1.00 e. The van der Waals surface area contributed by atoms with E-state index in [0.717, 1.165) is 18.1 Å². The van der Waals surface area contributed by atoms with E-state index >= 15 is 0 Å². The molecule has 0 aliphatic rings. The standard InChI is InChI=1S/C16H11NO3.C16H9NO2.C13H10O2.C3H2ClNO.CH3O.CH4.Na/c17-11-10-15(18)20-14-9-5-4-8-13(14)16(19)12-6-2-1-3-7-12;17-10-13-15(11-6-2-1-3-7-11)12-8-4-5-9-14(12)19-16(13)18;14-12-9-5-4-8-11(12)13(15)10-6-2-1-3-7-10;4-3(6)1-2-5;1-2;;/h1-9H,10H2;1-9H;1-9,14H;1H2;1H3;1H4;/q;;;;-1;;+1. The summed E-state index contributed by atoms with van der Waals surface area (Å²) in [4.78, 5) is 57.1. The third-order valence-electron chi connectivity index (χ3n) is 8.00. The van der Waals surface area contributed by atoms with Crippen molar-refractivity contribution >= 4 is 45.3 Å². The molecule has 14 heteroatoms. The molecular formula is C50H39ClN3NaO9. The Hall–Kier alpha value is -7.47. The van der Waals surface area contributed by atoms with Gasteiger partial charge in [0.15, 0.2) is 11.6 Å². The van der Waals surface area contributed by atoms with Crippen LogP contribution in [0.3, 0.4) is 0 Å². The Bertz CT molecular complexity index is 2800. The molecule has 0 amide bonds. The monoisotopic (exact) mass is 883 g/mol. The average Bonchev–Trinajstić information content (AvgIpc) is 3.30. The Morgan fingerprint density at radius 1 is 0.641 bits per heavy atom. The number of carbonyl (C=O) groups excluding carboxylic acids is 4. The van der Waals surface area contributed by atoms with Crippen molar-refractivity contribution < 1.29 is 68.1 Å². The summed E-state index contributed by atoms with van der Waals surface area (Å²) in [7, 11) is 0.750. The molecule has 7 aromatic rings. The molecule has 0 atom stereocenters. The van der Waals surface area contributed by atoms with Crippen LogP contribution in [-0.2, 0) is 9.59 Å². The van der Waals surface area contributed by atoms with Gasteiger partial charge in [-0.15, -0.1) is 0 Å². The number of aromatic hydroxyl groups is 1. The van der Waals surface area contributed by atoms with Crippen molar-refractivity contribution in [1.82, 2.24) is 0 Å². The molecule has 0 saturated heterocycles. The second kappa shape index (κ2) is 29.7. The molecule has 64 heavy (non-hydrogen) atoms. The molecular weight excluding hydrogens is 845 g/mol. The zero-order valence-electron chi connectivity index (χ0n) is 33.9. The number of nitrogens with zero attached hydrogens (tertiary/aromatic N) is 3. The van der Waals surface area contributed by atoms with Gasteiger partial charge in [-0.05, 0) is 47.5 Å². The molecule has 0 aliphatic heterocycles. The van der Waals surface area contributed by atoms with E-state index in [-0.39, 0.29) is 78.5 Å². The molecule has 0 spiro atoms. The largest absolute Gasteiger partial charge is 1.00 e. The van der Waals surface area contributed by atoms with Crippen LogP contribution in [0.4, 0.5) is 0 Å². The Balaban J connectivity index is 0.000000439. The van der Waals surface area contributed by atoms with Gasteiger partial charge < -0.3 is 19.4 Å². The smallest absolute Gasteiger partial charge is 0.857 e. The number of hydrogen-bond donors (Lipinski definition) is 1. The molecule has 0 saturated carbocycles. The second-order valence-corrected chi connectivity index (χ2v) is 12.4. The van der Waals surface area contributed by atoms with Gasteiger partial charge in [-0.3, -0.25) is 19.2 Å². The number of benzene rings is 6. The van der Waals surface area contributed by atoms with Crippen molar-refractivity contribution in [3.63, 3.8) is 0 Å². The Labute approximate surface area is 397 Å². The number of phenolic OH excluding ortho intramolecular Hbond substituents is 1. The predicted octanol–water partition coefficient (Wildman–Crippen LogP) is 5.97. The van der Waals surface area contributed by atoms with E-state index in [9.17, 15) is 34.3 Å². The van der Waals surface area contributed by atoms with Gasteiger partial charge in [0.25, 0.3) is 0 Å². The first-order chi connectivity index (χ1) is 30.1. The first-order valence-electron chi connectivity index (χ1n) is 18.2. The number of carbonyl (C=O) groups is 4. The van der Waals surface area contributed by atoms with E-state index < -0.39 is 16.8 Å². The number of fused-ring (bicyclic) bond motifs is 1. The summed E-state index contributed by atoms with van der Waals surface area (Å²) >= 11 is 4.72. The number of rotatable bonds is 8. The van der Waals surface area contributed by atoms with Crippen molar-refractivity contribution in [3.8, 4) is 40.8 Å². The summed E-state index contributed by atoms with van der Waals surface area (Å²) in [5.41, 5.74) is 3.14. The quantitative estimate of drug-likeness (QED) is 0.0466. The van der Waals surface area contributed by atoms with E-state index in [0.29, 0.717) is 33.4 Å². The number of para-hydroxylation sites is 3. The van der Waals surface area contributed by atoms with Crippen molar-refractivity contribution in [2.45, 2.75) is 20.3 Å². The third kappa shape index (κ3) is 16.4. The Morgan fingerprint density at radius 2 is 1.09 bits per heavy atom. The summed E-state index contributed by atoms with van der Waals surface area (Å²) in [5.74, 6) is -0.881. The number of phenols is 1. The molecule has 0 radical (unpaired) electrons. The van der Waals surface area contributed by atoms with Gasteiger partial charge in [-0.1, -0.05) is 141 Å². The average molecular weight is 884 g/mol. The van der Waals surface area contributed by atoms with Gasteiger partial charge >= 0.3 is 41.2 Å². The van der Waals surface area contributed by atoms with Crippen molar-refractivity contribution in [2.24, 2.45) is 0 Å². The fourth-order valence-corrected chi connectivity index (χ4v) is 5.40. The van der Waals surface area contributed by atoms with Crippen molar-refractivity contribution in [1.29, 1.82) is 15.8 Å². The van der Waals surface area contributed by atoms with Gasteiger partial charge in [-0.25, -0.2) is 4.79 Å². The third-order valence-corrected chi connectivity index (χ3v) is 8.14. The van der Waals surface area contributed by atoms with Crippen LogP contribution in [0, 0.1) is 34.0 Å². The number of nitriles is 3. The molecule has 1 heterocycles. The minimum Gasteiger partial charge on any atom is -0.857 e.